The molecule has 4 nitrogen and oxygen atoms in total. The molecule has 1 N–H and O–H groups in total. The predicted molar refractivity (Wildman–Crippen MR) is 72.9 cm³/mol. The largest absolute Gasteiger partial charge is 0.347 e. The molecule has 5 heteroatoms. The molecular formula is C15H16FN3O. The third-order valence-electron chi connectivity index (χ3n) is 3.70. The van der Waals surface area contributed by atoms with Crippen LogP contribution in [0.3, 0.4) is 0 Å². The molecule has 0 unspecified atom stereocenters. The quantitative estimate of drug-likeness (QED) is 0.910. The third kappa shape index (κ3) is 2.43. The summed E-state index contributed by atoms with van der Waals surface area (Å²) in [4.78, 5) is 16.4. The van der Waals surface area contributed by atoms with Crippen molar-refractivity contribution in [3.8, 4) is 0 Å². The van der Waals surface area contributed by atoms with Crippen LogP contribution >= 0.6 is 0 Å². The summed E-state index contributed by atoms with van der Waals surface area (Å²) < 4.78 is 15.5. The first-order valence-corrected chi connectivity index (χ1v) is 6.70. The number of amides is 1. The molecule has 3 rings (SSSR count). The molecule has 1 aliphatic heterocycles. The first-order valence-electron chi connectivity index (χ1n) is 6.70. The Morgan fingerprint density at radius 2 is 2.35 bits per heavy atom. The van der Waals surface area contributed by atoms with E-state index < -0.39 is 0 Å². The highest BCUT2D eigenvalue weighted by molar-refractivity contribution is 5.94. The number of carbonyl (C=O) groups is 1. The van der Waals surface area contributed by atoms with Crippen molar-refractivity contribution in [2.45, 2.75) is 32.4 Å². The van der Waals surface area contributed by atoms with Gasteiger partial charge in [-0.3, -0.25) is 4.79 Å². The minimum Gasteiger partial charge on any atom is -0.347 e. The van der Waals surface area contributed by atoms with Crippen molar-refractivity contribution in [1.29, 1.82) is 0 Å². The fourth-order valence-electron chi connectivity index (χ4n) is 2.49. The molecular weight excluding hydrogens is 257 g/mol. The van der Waals surface area contributed by atoms with Crippen molar-refractivity contribution in [3.63, 3.8) is 0 Å². The number of halogens is 1. The van der Waals surface area contributed by atoms with Crippen LogP contribution in [-0.4, -0.2) is 21.5 Å². The minimum absolute atomic E-state index is 0.0635. The number of hydrogen-bond acceptors (Lipinski definition) is 2. The van der Waals surface area contributed by atoms with Gasteiger partial charge < -0.3 is 9.88 Å². The zero-order valence-corrected chi connectivity index (χ0v) is 11.3. The highest BCUT2D eigenvalue weighted by Crippen LogP contribution is 2.14. The average Bonchev–Trinajstić information content (AvgIpc) is 2.89. The summed E-state index contributed by atoms with van der Waals surface area (Å²) in [6, 6.07) is 4.63. The zero-order chi connectivity index (χ0) is 14.1. The Balaban J connectivity index is 1.69. The molecule has 1 aromatic carbocycles. The number of rotatable bonds is 2. The van der Waals surface area contributed by atoms with Crippen molar-refractivity contribution >= 4 is 5.91 Å². The molecule has 0 bridgehead atoms. The maximum Gasteiger partial charge on any atom is 0.251 e. The van der Waals surface area contributed by atoms with Gasteiger partial charge in [-0.2, -0.15) is 0 Å². The molecule has 0 fully saturated rings. The maximum atomic E-state index is 13.5. The highest BCUT2D eigenvalue weighted by atomic mass is 19.1. The standard InChI is InChI=1S/C15H16FN3O/c1-10-2-3-11(8-13(10)16)15(20)18-12-4-5-14-17-6-7-19(14)9-12/h2-3,6-8,12H,4-5,9H2,1H3,(H,18,20)/t12-/m0/s1. The molecule has 0 saturated heterocycles. The molecule has 0 spiro atoms. The van der Waals surface area contributed by atoms with Crippen molar-refractivity contribution in [3.05, 3.63) is 53.4 Å². The monoisotopic (exact) mass is 273 g/mol. The summed E-state index contributed by atoms with van der Waals surface area (Å²) in [5.74, 6) is 0.479. The van der Waals surface area contributed by atoms with Crippen molar-refractivity contribution in [2.24, 2.45) is 0 Å². The first-order chi connectivity index (χ1) is 9.63. The molecule has 0 saturated carbocycles. The van der Waals surface area contributed by atoms with E-state index in [0.29, 0.717) is 11.1 Å². The topological polar surface area (TPSA) is 46.9 Å². The van der Waals surface area contributed by atoms with Crippen LogP contribution in [0.4, 0.5) is 4.39 Å². The summed E-state index contributed by atoms with van der Waals surface area (Å²) in [5, 5.41) is 2.96. The van der Waals surface area contributed by atoms with Crippen molar-refractivity contribution in [2.75, 3.05) is 0 Å². The number of hydrogen-bond donors (Lipinski definition) is 1. The number of carbonyl (C=O) groups excluding carboxylic acids is 1. The van der Waals surface area contributed by atoms with Crippen molar-refractivity contribution < 1.29 is 9.18 Å². The van der Waals surface area contributed by atoms with E-state index in [1.165, 1.54) is 6.07 Å². The molecule has 20 heavy (non-hydrogen) atoms. The molecule has 0 radical (unpaired) electrons. The van der Waals surface area contributed by atoms with E-state index in [0.717, 1.165) is 25.2 Å². The lowest BCUT2D eigenvalue weighted by molar-refractivity contribution is 0.0927. The van der Waals surface area contributed by atoms with Gasteiger partial charge in [0.1, 0.15) is 11.6 Å². The lowest BCUT2D eigenvalue weighted by atomic mass is 10.1. The molecule has 1 amide bonds. The van der Waals surface area contributed by atoms with E-state index in [-0.39, 0.29) is 17.8 Å². The molecule has 1 aromatic heterocycles. The van der Waals surface area contributed by atoms with Gasteiger partial charge >= 0.3 is 0 Å². The summed E-state index contributed by atoms with van der Waals surface area (Å²) in [5.41, 5.74) is 0.909. The van der Waals surface area contributed by atoms with Crippen LogP contribution in [0.2, 0.25) is 0 Å². The Morgan fingerprint density at radius 1 is 1.50 bits per heavy atom. The van der Waals surface area contributed by atoms with Gasteiger partial charge in [0.05, 0.1) is 0 Å². The smallest absolute Gasteiger partial charge is 0.251 e. The summed E-state index contributed by atoms with van der Waals surface area (Å²) in [6.45, 7) is 2.40. The van der Waals surface area contributed by atoms with Gasteiger partial charge in [-0.05, 0) is 31.0 Å². The number of benzene rings is 1. The van der Waals surface area contributed by atoms with Gasteiger partial charge in [-0.15, -0.1) is 0 Å². The second-order valence-corrected chi connectivity index (χ2v) is 5.17. The normalized spacial score (nSPS) is 17.6. The molecule has 104 valence electrons. The van der Waals surface area contributed by atoms with E-state index >= 15 is 0 Å². The highest BCUT2D eigenvalue weighted by Gasteiger charge is 2.21. The summed E-state index contributed by atoms with van der Waals surface area (Å²) >= 11 is 0. The van der Waals surface area contributed by atoms with Crippen LogP contribution in [0.1, 0.15) is 28.2 Å². The molecule has 2 aromatic rings. The van der Waals surface area contributed by atoms with Gasteiger partial charge in [-0.25, -0.2) is 9.37 Å². The summed E-state index contributed by atoms with van der Waals surface area (Å²) in [6.07, 6.45) is 5.39. The Labute approximate surface area is 116 Å². The number of nitrogens with zero attached hydrogens (tertiary/aromatic N) is 2. The van der Waals surface area contributed by atoms with Crippen LogP contribution in [0, 0.1) is 12.7 Å². The van der Waals surface area contributed by atoms with E-state index in [1.807, 2.05) is 10.8 Å². The SMILES string of the molecule is Cc1ccc(C(=O)N[C@H]2CCc3nccn3C2)cc1F. The van der Waals surface area contributed by atoms with Crippen LogP contribution in [0.15, 0.2) is 30.6 Å². The summed E-state index contributed by atoms with van der Waals surface area (Å²) in [7, 11) is 0. The maximum absolute atomic E-state index is 13.5. The first kappa shape index (κ1) is 12.8. The van der Waals surface area contributed by atoms with Gasteiger partial charge in [0, 0.05) is 37.0 Å². The number of aromatic nitrogens is 2. The van der Waals surface area contributed by atoms with E-state index in [1.54, 1.807) is 25.3 Å². The van der Waals surface area contributed by atoms with Gasteiger partial charge in [0.15, 0.2) is 0 Å². The van der Waals surface area contributed by atoms with Crippen LogP contribution in [-0.2, 0) is 13.0 Å². The molecule has 2 heterocycles. The number of fused-ring (bicyclic) bond motifs is 1. The fraction of sp³-hybridized carbons (Fsp3) is 0.333. The van der Waals surface area contributed by atoms with Gasteiger partial charge in [0.25, 0.3) is 5.91 Å². The number of nitrogens with one attached hydrogen (secondary N) is 1. The number of aryl methyl sites for hydroxylation is 2. The Hall–Kier alpha value is -2.17. The van der Waals surface area contributed by atoms with Crippen LogP contribution in [0.25, 0.3) is 0 Å². The average molecular weight is 273 g/mol. The predicted octanol–water partition coefficient (Wildman–Crippen LogP) is 2.08. The van der Waals surface area contributed by atoms with E-state index in [9.17, 15) is 9.18 Å². The third-order valence-corrected chi connectivity index (χ3v) is 3.70. The van der Waals surface area contributed by atoms with Gasteiger partial charge in [0.2, 0.25) is 0 Å². The molecule has 1 aliphatic rings. The Kier molecular flexibility index (Phi) is 3.26. The zero-order valence-electron chi connectivity index (χ0n) is 11.3. The molecule has 1 atom stereocenters. The molecule has 0 aliphatic carbocycles. The second kappa shape index (κ2) is 5.07. The minimum atomic E-state index is -0.349. The lowest BCUT2D eigenvalue weighted by Crippen LogP contribution is -2.40. The fourth-order valence-corrected chi connectivity index (χ4v) is 2.49. The van der Waals surface area contributed by atoms with Crippen molar-refractivity contribution in [1.82, 2.24) is 14.9 Å². The van der Waals surface area contributed by atoms with Gasteiger partial charge in [-0.1, -0.05) is 6.07 Å². The Morgan fingerprint density at radius 3 is 3.15 bits per heavy atom. The van der Waals surface area contributed by atoms with Crippen LogP contribution in [0.5, 0.6) is 0 Å². The van der Waals surface area contributed by atoms with E-state index in [4.69, 9.17) is 0 Å². The lowest BCUT2D eigenvalue weighted by Gasteiger charge is -2.24. The van der Waals surface area contributed by atoms with Crippen LogP contribution < -0.4 is 5.32 Å². The number of imidazole rings is 1. The van der Waals surface area contributed by atoms with E-state index in [2.05, 4.69) is 10.3 Å². The second-order valence-electron chi connectivity index (χ2n) is 5.17. The Bertz CT molecular complexity index is 650.